The average molecular weight is 242 g/mol. The zero-order valence-electron chi connectivity index (χ0n) is 8.32. The van der Waals surface area contributed by atoms with Crippen LogP contribution < -0.4 is 0 Å². The standard InChI is InChI=1S/C12H16ClN.2CH4/c13-10-14-8-6-12(7-9-14)11-4-2-1-3-5-11;;/h1-5,12H,6-10H2;2*1H4. The van der Waals surface area contributed by atoms with Crippen molar-refractivity contribution >= 4 is 11.6 Å². The Morgan fingerprint density at radius 3 is 2.12 bits per heavy atom. The highest BCUT2D eigenvalue weighted by Crippen LogP contribution is 2.27. The van der Waals surface area contributed by atoms with Crippen molar-refractivity contribution in [2.24, 2.45) is 0 Å². The number of hydrogen-bond acceptors (Lipinski definition) is 1. The number of rotatable bonds is 2. The van der Waals surface area contributed by atoms with E-state index in [9.17, 15) is 0 Å². The molecule has 0 N–H and O–H groups in total. The summed E-state index contributed by atoms with van der Waals surface area (Å²) >= 11 is 5.80. The molecule has 0 saturated carbocycles. The van der Waals surface area contributed by atoms with Crippen LogP contribution >= 0.6 is 11.6 Å². The van der Waals surface area contributed by atoms with Crippen LogP contribution in [-0.2, 0) is 0 Å². The number of halogens is 1. The smallest absolute Gasteiger partial charge is 0.0738 e. The van der Waals surface area contributed by atoms with Gasteiger partial charge in [-0.2, -0.15) is 0 Å². The Bertz CT molecular complexity index is 265. The number of likely N-dealkylation sites (tertiary alicyclic amines) is 1. The summed E-state index contributed by atoms with van der Waals surface area (Å²) < 4.78 is 0. The van der Waals surface area contributed by atoms with Gasteiger partial charge in [0.15, 0.2) is 0 Å². The van der Waals surface area contributed by atoms with Crippen molar-refractivity contribution < 1.29 is 0 Å². The first kappa shape index (κ1) is 15.5. The quantitative estimate of drug-likeness (QED) is 0.550. The fourth-order valence-electron chi connectivity index (χ4n) is 2.11. The van der Waals surface area contributed by atoms with E-state index in [1.165, 1.54) is 18.4 Å². The number of piperidine rings is 1. The summed E-state index contributed by atoms with van der Waals surface area (Å²) in [5, 5.41) is 0. The summed E-state index contributed by atoms with van der Waals surface area (Å²) in [5.41, 5.74) is 1.49. The van der Waals surface area contributed by atoms with Crippen molar-refractivity contribution in [2.75, 3.05) is 19.1 Å². The molecule has 0 amide bonds. The highest BCUT2D eigenvalue weighted by Gasteiger charge is 2.19. The van der Waals surface area contributed by atoms with Gasteiger partial charge in [0.1, 0.15) is 0 Å². The zero-order valence-corrected chi connectivity index (χ0v) is 9.08. The lowest BCUT2D eigenvalue weighted by molar-refractivity contribution is 0.243. The van der Waals surface area contributed by atoms with E-state index >= 15 is 0 Å². The van der Waals surface area contributed by atoms with Gasteiger partial charge in [-0.15, -0.1) is 11.6 Å². The van der Waals surface area contributed by atoms with E-state index in [1.54, 1.807) is 0 Å². The van der Waals surface area contributed by atoms with Crippen LogP contribution in [0.5, 0.6) is 0 Å². The Hall–Kier alpha value is -0.530. The van der Waals surface area contributed by atoms with Gasteiger partial charge < -0.3 is 0 Å². The predicted molar refractivity (Wildman–Crippen MR) is 74.2 cm³/mol. The molecule has 1 saturated heterocycles. The summed E-state index contributed by atoms with van der Waals surface area (Å²) in [6.07, 6.45) is 2.49. The van der Waals surface area contributed by atoms with Gasteiger partial charge in [0.05, 0.1) is 6.00 Å². The normalized spacial score (nSPS) is 17.3. The van der Waals surface area contributed by atoms with Gasteiger partial charge >= 0.3 is 0 Å². The van der Waals surface area contributed by atoms with E-state index < -0.39 is 0 Å². The Kier molecular flexibility index (Phi) is 7.44. The summed E-state index contributed by atoms with van der Waals surface area (Å²) in [5.74, 6) is 0.746. The summed E-state index contributed by atoms with van der Waals surface area (Å²) in [6.45, 7) is 2.28. The molecule has 2 heteroatoms. The first-order chi connectivity index (χ1) is 6.90. The Morgan fingerprint density at radius 1 is 1.06 bits per heavy atom. The highest BCUT2D eigenvalue weighted by molar-refractivity contribution is 6.17. The number of benzene rings is 1. The maximum atomic E-state index is 5.80. The fourth-order valence-corrected chi connectivity index (χ4v) is 2.35. The van der Waals surface area contributed by atoms with Crippen LogP contribution in [0.1, 0.15) is 39.2 Å². The van der Waals surface area contributed by atoms with Gasteiger partial charge in [-0.25, -0.2) is 0 Å². The first-order valence-corrected chi connectivity index (χ1v) is 5.77. The van der Waals surface area contributed by atoms with Crippen LogP contribution in [0.25, 0.3) is 0 Å². The van der Waals surface area contributed by atoms with Crippen LogP contribution in [0, 0.1) is 0 Å². The van der Waals surface area contributed by atoms with Crippen LogP contribution in [0.3, 0.4) is 0 Å². The highest BCUT2D eigenvalue weighted by atomic mass is 35.5. The molecule has 1 aromatic rings. The summed E-state index contributed by atoms with van der Waals surface area (Å²) in [6, 6.07) is 11.5. The molecule has 1 fully saturated rings. The average Bonchev–Trinajstić information content (AvgIpc) is 2.30. The van der Waals surface area contributed by atoms with Gasteiger partial charge in [0.25, 0.3) is 0 Å². The maximum Gasteiger partial charge on any atom is 0.0738 e. The van der Waals surface area contributed by atoms with Crippen LogP contribution in [0.2, 0.25) is 0 Å². The van der Waals surface area contributed by atoms with Gasteiger partial charge in [0.2, 0.25) is 0 Å². The van der Waals surface area contributed by atoms with Crippen LogP contribution in [-0.4, -0.2) is 24.0 Å². The third kappa shape index (κ3) is 3.80. The minimum atomic E-state index is 0. The summed E-state index contributed by atoms with van der Waals surface area (Å²) in [7, 11) is 0. The van der Waals surface area contributed by atoms with Gasteiger partial charge in [-0.1, -0.05) is 45.2 Å². The fraction of sp³-hybridized carbons (Fsp3) is 0.571. The van der Waals surface area contributed by atoms with E-state index in [0.717, 1.165) is 19.0 Å². The third-order valence-electron chi connectivity index (χ3n) is 3.03. The molecule has 1 nitrogen and oxygen atoms in total. The molecule has 1 aliphatic heterocycles. The number of hydrogen-bond donors (Lipinski definition) is 0. The van der Waals surface area contributed by atoms with E-state index in [1.807, 2.05) is 0 Å². The van der Waals surface area contributed by atoms with E-state index in [2.05, 4.69) is 35.2 Å². The molecule has 1 heterocycles. The van der Waals surface area contributed by atoms with Crippen molar-refractivity contribution in [1.29, 1.82) is 0 Å². The topological polar surface area (TPSA) is 3.24 Å². The zero-order chi connectivity index (χ0) is 9.80. The van der Waals surface area contributed by atoms with Crippen molar-refractivity contribution in [1.82, 2.24) is 4.90 Å². The summed E-state index contributed by atoms with van der Waals surface area (Å²) in [4.78, 5) is 2.31. The van der Waals surface area contributed by atoms with E-state index in [-0.39, 0.29) is 14.9 Å². The molecule has 0 bridgehead atoms. The maximum absolute atomic E-state index is 5.80. The molecular weight excluding hydrogens is 218 g/mol. The van der Waals surface area contributed by atoms with Crippen LogP contribution in [0.15, 0.2) is 30.3 Å². The van der Waals surface area contributed by atoms with E-state index in [0.29, 0.717) is 6.00 Å². The largest absolute Gasteiger partial charge is 0.290 e. The van der Waals surface area contributed by atoms with Gasteiger partial charge in [-0.05, 0) is 37.4 Å². The van der Waals surface area contributed by atoms with Gasteiger partial charge in [-0.3, -0.25) is 4.90 Å². The van der Waals surface area contributed by atoms with Gasteiger partial charge in [0, 0.05) is 0 Å². The SMILES string of the molecule is C.C.ClCN1CCC(c2ccccc2)CC1. The third-order valence-corrected chi connectivity index (χ3v) is 3.37. The molecule has 2 rings (SSSR count). The lowest BCUT2D eigenvalue weighted by Crippen LogP contribution is -2.31. The minimum absolute atomic E-state index is 0. The molecule has 0 aliphatic carbocycles. The Morgan fingerprint density at radius 2 is 1.62 bits per heavy atom. The Labute approximate surface area is 105 Å². The molecule has 0 unspecified atom stereocenters. The molecule has 1 aliphatic rings. The molecule has 0 radical (unpaired) electrons. The molecule has 1 aromatic carbocycles. The Balaban J connectivity index is 0.00000112. The monoisotopic (exact) mass is 241 g/mol. The minimum Gasteiger partial charge on any atom is -0.290 e. The van der Waals surface area contributed by atoms with E-state index in [4.69, 9.17) is 11.6 Å². The second-order valence-corrected chi connectivity index (χ2v) is 4.16. The second kappa shape index (κ2) is 7.70. The second-order valence-electron chi connectivity index (χ2n) is 3.92. The molecule has 0 atom stereocenters. The van der Waals surface area contributed by atoms with Crippen molar-refractivity contribution in [3.63, 3.8) is 0 Å². The number of alkyl halides is 1. The van der Waals surface area contributed by atoms with Crippen molar-refractivity contribution in [2.45, 2.75) is 33.6 Å². The molecule has 16 heavy (non-hydrogen) atoms. The van der Waals surface area contributed by atoms with Crippen molar-refractivity contribution in [3.8, 4) is 0 Å². The molecule has 0 aromatic heterocycles. The van der Waals surface area contributed by atoms with Crippen LogP contribution in [0.4, 0.5) is 0 Å². The molecule has 92 valence electrons. The van der Waals surface area contributed by atoms with Crippen molar-refractivity contribution in [3.05, 3.63) is 35.9 Å². The first-order valence-electron chi connectivity index (χ1n) is 5.23. The number of nitrogens with zero attached hydrogens (tertiary/aromatic N) is 1. The molecule has 0 spiro atoms. The lowest BCUT2D eigenvalue weighted by atomic mass is 9.90. The lowest BCUT2D eigenvalue weighted by Gasteiger charge is -2.30. The predicted octanol–water partition coefficient (Wildman–Crippen LogP) is 4.33. The molecular formula is C14H24ClN.